The SMILES string of the molecule is CCOCCn1c(=NC(=O)c2cc(-c3ccccc3)nc3ccccc23)sc2cc(S(C)(=O)=O)ccc21. The van der Waals surface area contributed by atoms with Crippen molar-refractivity contribution in [2.24, 2.45) is 4.99 Å². The number of fused-ring (bicyclic) bond motifs is 2. The number of carbonyl (C=O) groups excluding carboxylic acids is 1. The van der Waals surface area contributed by atoms with Crippen molar-refractivity contribution < 1.29 is 17.9 Å². The number of amides is 1. The van der Waals surface area contributed by atoms with Gasteiger partial charge in [-0.3, -0.25) is 4.79 Å². The first-order chi connectivity index (χ1) is 17.8. The lowest BCUT2D eigenvalue weighted by Gasteiger charge is -2.08. The molecule has 1 amide bonds. The maximum Gasteiger partial charge on any atom is 0.280 e. The Morgan fingerprint density at radius 2 is 1.78 bits per heavy atom. The Hall–Kier alpha value is -3.66. The molecule has 2 heterocycles. The Kier molecular flexibility index (Phi) is 7.01. The van der Waals surface area contributed by atoms with Crippen LogP contribution >= 0.6 is 11.3 Å². The maximum atomic E-state index is 13.7. The number of ether oxygens (including phenoxy) is 1. The molecule has 0 saturated carbocycles. The second-order valence-electron chi connectivity index (χ2n) is 8.49. The fourth-order valence-corrected chi connectivity index (χ4v) is 5.96. The standard InChI is InChI=1S/C28H25N3O4S2/c1-3-35-16-15-31-25-14-13-20(37(2,33)34)17-26(25)36-28(31)30-27(32)22-18-24(19-9-5-4-6-10-19)29-23-12-8-7-11-21(22)23/h4-14,17-18H,3,15-16H2,1-2H3. The molecule has 9 heteroatoms. The number of benzene rings is 3. The van der Waals surface area contributed by atoms with Crippen LogP contribution in [0.15, 0.2) is 88.8 Å². The van der Waals surface area contributed by atoms with Crippen LogP contribution in [-0.2, 0) is 21.1 Å². The highest BCUT2D eigenvalue weighted by atomic mass is 32.2. The summed E-state index contributed by atoms with van der Waals surface area (Å²) in [6.07, 6.45) is 1.18. The van der Waals surface area contributed by atoms with Gasteiger partial charge in [-0.05, 0) is 37.3 Å². The predicted molar refractivity (Wildman–Crippen MR) is 146 cm³/mol. The van der Waals surface area contributed by atoms with Crippen molar-refractivity contribution in [3.05, 3.63) is 89.2 Å². The van der Waals surface area contributed by atoms with Gasteiger partial charge in [-0.1, -0.05) is 59.9 Å². The predicted octanol–water partition coefficient (Wildman–Crippen LogP) is 5.10. The van der Waals surface area contributed by atoms with Crippen LogP contribution in [0.4, 0.5) is 0 Å². The van der Waals surface area contributed by atoms with Gasteiger partial charge in [-0.2, -0.15) is 4.99 Å². The summed E-state index contributed by atoms with van der Waals surface area (Å²) in [6.45, 7) is 3.40. The molecule has 0 saturated heterocycles. The van der Waals surface area contributed by atoms with Crippen molar-refractivity contribution in [1.82, 2.24) is 9.55 Å². The van der Waals surface area contributed by atoms with Gasteiger partial charge in [-0.15, -0.1) is 0 Å². The molecule has 0 radical (unpaired) electrons. The highest BCUT2D eigenvalue weighted by Crippen LogP contribution is 2.26. The minimum Gasteiger partial charge on any atom is -0.380 e. The average Bonchev–Trinajstić information content (AvgIpc) is 3.24. The number of rotatable bonds is 7. The third-order valence-corrected chi connectivity index (χ3v) is 8.11. The molecular weight excluding hydrogens is 506 g/mol. The van der Waals surface area contributed by atoms with Crippen molar-refractivity contribution in [3.63, 3.8) is 0 Å². The lowest BCUT2D eigenvalue weighted by atomic mass is 10.0. The second-order valence-corrected chi connectivity index (χ2v) is 11.5. The number of sulfone groups is 1. The summed E-state index contributed by atoms with van der Waals surface area (Å²) in [5.41, 5.74) is 3.56. The van der Waals surface area contributed by atoms with Crippen LogP contribution in [0.1, 0.15) is 17.3 Å². The zero-order valence-corrected chi connectivity index (χ0v) is 22.1. The van der Waals surface area contributed by atoms with Crippen LogP contribution in [-0.4, -0.2) is 43.3 Å². The monoisotopic (exact) mass is 531 g/mol. The van der Waals surface area contributed by atoms with E-state index in [0.29, 0.717) is 41.3 Å². The Balaban J connectivity index is 1.68. The van der Waals surface area contributed by atoms with E-state index < -0.39 is 15.7 Å². The molecule has 0 atom stereocenters. The summed E-state index contributed by atoms with van der Waals surface area (Å²) in [5, 5.41) is 0.720. The zero-order valence-electron chi connectivity index (χ0n) is 20.4. The molecule has 0 aliphatic carbocycles. The lowest BCUT2D eigenvalue weighted by Crippen LogP contribution is -2.20. The normalized spacial score (nSPS) is 12.4. The van der Waals surface area contributed by atoms with Crippen molar-refractivity contribution in [3.8, 4) is 11.3 Å². The van der Waals surface area contributed by atoms with Crippen LogP contribution in [0.3, 0.4) is 0 Å². The van der Waals surface area contributed by atoms with Gasteiger partial charge in [-0.25, -0.2) is 13.4 Å². The highest BCUT2D eigenvalue weighted by Gasteiger charge is 2.16. The van der Waals surface area contributed by atoms with Crippen LogP contribution in [0.5, 0.6) is 0 Å². The van der Waals surface area contributed by atoms with Gasteiger partial charge in [0.05, 0.1) is 38.5 Å². The number of hydrogen-bond donors (Lipinski definition) is 0. The van der Waals surface area contributed by atoms with E-state index in [1.165, 1.54) is 17.6 Å². The Bertz CT molecular complexity index is 1790. The van der Waals surface area contributed by atoms with Crippen LogP contribution in [0.25, 0.3) is 32.4 Å². The van der Waals surface area contributed by atoms with E-state index in [1.54, 1.807) is 24.3 Å². The molecule has 0 aliphatic rings. The number of thiazole rings is 1. The minimum absolute atomic E-state index is 0.226. The van der Waals surface area contributed by atoms with Crippen molar-refractivity contribution in [2.75, 3.05) is 19.5 Å². The third kappa shape index (κ3) is 5.24. The molecule has 2 aromatic heterocycles. The Morgan fingerprint density at radius 1 is 1.03 bits per heavy atom. The number of para-hydroxylation sites is 1. The molecule has 5 rings (SSSR count). The molecule has 0 fully saturated rings. The summed E-state index contributed by atoms with van der Waals surface area (Å²) in [5.74, 6) is -0.393. The van der Waals surface area contributed by atoms with Crippen LogP contribution in [0, 0.1) is 0 Å². The van der Waals surface area contributed by atoms with Gasteiger partial charge in [0.2, 0.25) is 0 Å². The lowest BCUT2D eigenvalue weighted by molar-refractivity contribution is 0.0998. The molecule has 0 bridgehead atoms. The fraction of sp³-hybridized carbons (Fsp3) is 0.179. The first-order valence-electron chi connectivity index (χ1n) is 11.8. The largest absolute Gasteiger partial charge is 0.380 e. The number of nitrogens with zero attached hydrogens (tertiary/aromatic N) is 3. The van der Waals surface area contributed by atoms with Gasteiger partial charge in [0, 0.05) is 30.4 Å². The highest BCUT2D eigenvalue weighted by molar-refractivity contribution is 7.90. The molecular formula is C28H25N3O4S2. The maximum absolute atomic E-state index is 13.7. The van der Waals surface area contributed by atoms with Crippen molar-refractivity contribution in [2.45, 2.75) is 18.4 Å². The van der Waals surface area contributed by atoms with Gasteiger partial charge in [0.1, 0.15) is 0 Å². The van der Waals surface area contributed by atoms with Gasteiger partial charge in [0.25, 0.3) is 5.91 Å². The minimum atomic E-state index is -3.37. The zero-order chi connectivity index (χ0) is 26.0. The summed E-state index contributed by atoms with van der Waals surface area (Å²) in [7, 11) is -3.37. The Labute approximate surface area is 218 Å². The van der Waals surface area contributed by atoms with E-state index in [4.69, 9.17) is 9.72 Å². The molecule has 0 N–H and O–H groups in total. The molecule has 0 aliphatic heterocycles. The van der Waals surface area contributed by atoms with Crippen LogP contribution in [0.2, 0.25) is 0 Å². The first-order valence-corrected chi connectivity index (χ1v) is 14.5. The number of aromatic nitrogens is 2. The molecule has 188 valence electrons. The molecule has 37 heavy (non-hydrogen) atoms. The van der Waals surface area contributed by atoms with Crippen LogP contribution < -0.4 is 4.80 Å². The fourth-order valence-electron chi connectivity index (χ4n) is 4.14. The summed E-state index contributed by atoms with van der Waals surface area (Å²) < 4.78 is 32.4. The van der Waals surface area contributed by atoms with E-state index in [9.17, 15) is 13.2 Å². The van der Waals surface area contributed by atoms with E-state index in [-0.39, 0.29) is 4.90 Å². The number of carbonyl (C=O) groups is 1. The van der Waals surface area contributed by atoms with Crippen molar-refractivity contribution >= 4 is 48.2 Å². The quantitative estimate of drug-likeness (QED) is 0.273. The van der Waals surface area contributed by atoms with Gasteiger partial charge in [0.15, 0.2) is 14.6 Å². The Morgan fingerprint density at radius 3 is 2.54 bits per heavy atom. The number of pyridine rings is 1. The third-order valence-electron chi connectivity index (χ3n) is 5.96. The molecule has 7 nitrogen and oxygen atoms in total. The molecule has 0 spiro atoms. The van der Waals surface area contributed by atoms with E-state index >= 15 is 0 Å². The summed E-state index contributed by atoms with van der Waals surface area (Å²) in [6, 6.07) is 24.0. The van der Waals surface area contributed by atoms with E-state index in [0.717, 1.165) is 21.2 Å². The van der Waals surface area contributed by atoms with Crippen molar-refractivity contribution in [1.29, 1.82) is 0 Å². The smallest absolute Gasteiger partial charge is 0.280 e. The average molecular weight is 532 g/mol. The van der Waals surface area contributed by atoms with Gasteiger partial charge < -0.3 is 9.30 Å². The first kappa shape index (κ1) is 25.0. The molecule has 0 unspecified atom stereocenters. The topological polar surface area (TPSA) is 90.6 Å². The second kappa shape index (κ2) is 10.4. The summed E-state index contributed by atoms with van der Waals surface area (Å²) in [4.78, 5) is 23.7. The van der Waals surface area contributed by atoms with E-state index in [1.807, 2.05) is 66.1 Å². The molecule has 5 aromatic rings. The van der Waals surface area contributed by atoms with Gasteiger partial charge >= 0.3 is 0 Å². The molecule has 3 aromatic carbocycles. The number of hydrogen-bond acceptors (Lipinski definition) is 6. The summed E-state index contributed by atoms with van der Waals surface area (Å²) >= 11 is 1.28. The van der Waals surface area contributed by atoms with E-state index in [2.05, 4.69) is 4.99 Å².